The molecule has 0 N–H and O–H groups in total. The minimum Gasteiger partial charge on any atom is -0.465 e. The Labute approximate surface area is 168 Å². The minimum absolute atomic E-state index is 0.168. The van der Waals surface area contributed by atoms with Gasteiger partial charge in [0.1, 0.15) is 11.6 Å². The van der Waals surface area contributed by atoms with Gasteiger partial charge in [0.05, 0.1) is 12.7 Å². The summed E-state index contributed by atoms with van der Waals surface area (Å²) in [4.78, 5) is 16.9. The molecule has 0 aromatic heterocycles. The number of nitrogens with zero attached hydrogens (tertiary/aromatic N) is 1. The van der Waals surface area contributed by atoms with Crippen LogP contribution in [0.2, 0.25) is 10.0 Å². The molecule has 0 amide bonds. The summed E-state index contributed by atoms with van der Waals surface area (Å²) in [5, 5.41) is 4.09. The average molecular weight is 432 g/mol. The summed E-state index contributed by atoms with van der Waals surface area (Å²) in [5.74, 6) is -2.60. The molecule has 4 nitrogen and oxygen atoms in total. The van der Waals surface area contributed by atoms with Gasteiger partial charge in [0.15, 0.2) is 6.10 Å². The fraction of sp³-hybridized carbons (Fsp3) is 0.263. The Balaban J connectivity index is 2.02. The number of carbonyl (C=O) groups excluding carboxylic acids is 1. The lowest BCUT2D eigenvalue weighted by Crippen LogP contribution is -2.33. The number of rotatable bonds is 3. The van der Waals surface area contributed by atoms with Gasteiger partial charge in [0, 0.05) is 15.6 Å². The second-order valence-electron chi connectivity index (χ2n) is 6.25. The number of benzene rings is 2. The van der Waals surface area contributed by atoms with Gasteiger partial charge in [-0.05, 0) is 48.4 Å². The van der Waals surface area contributed by atoms with E-state index >= 15 is 0 Å². The molecule has 28 heavy (non-hydrogen) atoms. The zero-order chi connectivity index (χ0) is 20.6. The van der Waals surface area contributed by atoms with Crippen LogP contribution in [0, 0.1) is 12.8 Å². The number of alkyl halides is 3. The monoisotopic (exact) mass is 431 g/mol. The second kappa shape index (κ2) is 7.64. The van der Waals surface area contributed by atoms with E-state index < -0.39 is 24.2 Å². The Morgan fingerprint density at radius 2 is 1.79 bits per heavy atom. The van der Waals surface area contributed by atoms with Crippen LogP contribution in [0.1, 0.15) is 33.2 Å². The Morgan fingerprint density at radius 1 is 1.14 bits per heavy atom. The van der Waals surface area contributed by atoms with Crippen molar-refractivity contribution in [2.75, 3.05) is 7.11 Å². The highest BCUT2D eigenvalue weighted by Gasteiger charge is 2.53. The van der Waals surface area contributed by atoms with Gasteiger partial charge >= 0.3 is 12.1 Å². The fourth-order valence-electron chi connectivity index (χ4n) is 3.09. The molecule has 2 atom stereocenters. The van der Waals surface area contributed by atoms with Crippen LogP contribution < -0.4 is 0 Å². The van der Waals surface area contributed by atoms with E-state index in [1.54, 1.807) is 6.92 Å². The molecule has 1 aliphatic rings. The van der Waals surface area contributed by atoms with Crippen molar-refractivity contribution in [1.82, 2.24) is 0 Å². The molecule has 2 aromatic rings. The lowest BCUT2D eigenvalue weighted by atomic mass is 9.87. The number of carbonyl (C=O) groups is 1. The Bertz CT molecular complexity index is 940. The summed E-state index contributed by atoms with van der Waals surface area (Å²) in [7, 11) is 1.23. The number of aryl methyl sites for hydroxylation is 1. The maximum absolute atomic E-state index is 13.9. The molecule has 0 bridgehead atoms. The summed E-state index contributed by atoms with van der Waals surface area (Å²) in [6, 6.07) is 8.37. The van der Waals surface area contributed by atoms with E-state index in [1.165, 1.54) is 43.5 Å². The van der Waals surface area contributed by atoms with Crippen molar-refractivity contribution in [1.29, 1.82) is 0 Å². The molecule has 0 saturated carbocycles. The van der Waals surface area contributed by atoms with Crippen molar-refractivity contribution in [3.05, 3.63) is 68.7 Å². The van der Waals surface area contributed by atoms with Crippen molar-refractivity contribution in [3.63, 3.8) is 0 Å². The lowest BCUT2D eigenvalue weighted by Gasteiger charge is -2.22. The SMILES string of the molecule is COC(=O)c1ccc(C2=NOC(c3cc(Cl)cc(Cl)c3)C2C(F)(F)F)cc1C. The zero-order valence-electron chi connectivity index (χ0n) is 14.7. The van der Waals surface area contributed by atoms with Crippen LogP contribution in [0.25, 0.3) is 0 Å². The molecule has 3 rings (SSSR count). The normalized spacial score (nSPS) is 19.2. The maximum atomic E-state index is 13.9. The predicted molar refractivity (Wildman–Crippen MR) is 98.9 cm³/mol. The standard InChI is InChI=1S/C19H14Cl2F3NO3/c1-9-5-10(3-4-14(9)18(26)27-2)16-15(19(22,23)24)17(28-25-16)11-6-12(20)8-13(21)7-11/h3-8,15,17H,1-2H3. The van der Waals surface area contributed by atoms with E-state index in [2.05, 4.69) is 9.89 Å². The number of methoxy groups -OCH3 is 1. The van der Waals surface area contributed by atoms with Crippen LogP contribution in [0.5, 0.6) is 0 Å². The van der Waals surface area contributed by atoms with Crippen LogP contribution in [0.3, 0.4) is 0 Å². The molecular weight excluding hydrogens is 418 g/mol. The largest absolute Gasteiger partial charge is 0.465 e. The summed E-state index contributed by atoms with van der Waals surface area (Å²) in [5.41, 5.74) is 0.799. The first-order chi connectivity index (χ1) is 13.1. The van der Waals surface area contributed by atoms with E-state index in [0.717, 1.165) is 0 Å². The number of halogens is 5. The average Bonchev–Trinajstić information content (AvgIpc) is 3.05. The molecule has 2 unspecified atom stereocenters. The molecular formula is C19H14Cl2F3NO3. The third kappa shape index (κ3) is 3.95. The second-order valence-corrected chi connectivity index (χ2v) is 7.12. The van der Waals surface area contributed by atoms with Crippen LogP contribution in [-0.2, 0) is 9.57 Å². The van der Waals surface area contributed by atoms with Crippen LogP contribution in [-0.4, -0.2) is 25.0 Å². The third-order valence-corrected chi connectivity index (χ3v) is 4.79. The molecule has 0 radical (unpaired) electrons. The molecule has 1 aliphatic heterocycles. The van der Waals surface area contributed by atoms with Gasteiger partial charge in [-0.2, -0.15) is 13.2 Å². The smallest absolute Gasteiger partial charge is 0.401 e. The van der Waals surface area contributed by atoms with Crippen molar-refractivity contribution >= 4 is 34.9 Å². The van der Waals surface area contributed by atoms with Gasteiger partial charge in [-0.25, -0.2) is 4.79 Å². The summed E-state index contributed by atoms with van der Waals surface area (Å²) in [6.45, 7) is 1.60. The number of esters is 1. The zero-order valence-corrected chi connectivity index (χ0v) is 16.2. The Hall–Kier alpha value is -2.25. The van der Waals surface area contributed by atoms with Gasteiger partial charge in [-0.1, -0.05) is 34.4 Å². The fourth-order valence-corrected chi connectivity index (χ4v) is 3.63. The van der Waals surface area contributed by atoms with Crippen LogP contribution in [0.4, 0.5) is 13.2 Å². The van der Waals surface area contributed by atoms with E-state index in [1.807, 2.05) is 0 Å². The molecule has 0 aliphatic carbocycles. The first-order valence-electron chi connectivity index (χ1n) is 8.07. The van der Waals surface area contributed by atoms with Crippen LogP contribution >= 0.6 is 23.2 Å². The van der Waals surface area contributed by atoms with Gasteiger partial charge in [0.2, 0.25) is 0 Å². The summed E-state index contributed by atoms with van der Waals surface area (Å²) in [6.07, 6.45) is -6.06. The van der Waals surface area contributed by atoms with Crippen molar-refractivity contribution < 1.29 is 27.5 Å². The third-order valence-electron chi connectivity index (χ3n) is 4.36. The highest BCUT2D eigenvalue weighted by Crippen LogP contribution is 2.45. The molecule has 1 heterocycles. The minimum atomic E-state index is -4.64. The highest BCUT2D eigenvalue weighted by atomic mass is 35.5. The quantitative estimate of drug-likeness (QED) is 0.581. The van der Waals surface area contributed by atoms with E-state index in [-0.39, 0.29) is 32.4 Å². The number of hydrogen-bond acceptors (Lipinski definition) is 4. The lowest BCUT2D eigenvalue weighted by molar-refractivity contribution is -0.177. The molecule has 0 fully saturated rings. The summed E-state index contributed by atoms with van der Waals surface area (Å²) < 4.78 is 46.3. The first-order valence-corrected chi connectivity index (χ1v) is 8.83. The highest BCUT2D eigenvalue weighted by molar-refractivity contribution is 6.34. The van der Waals surface area contributed by atoms with Gasteiger partial charge in [-0.3, -0.25) is 0 Å². The Kier molecular flexibility index (Phi) is 5.59. The topological polar surface area (TPSA) is 47.9 Å². The van der Waals surface area contributed by atoms with E-state index in [4.69, 9.17) is 28.0 Å². The van der Waals surface area contributed by atoms with Gasteiger partial charge < -0.3 is 9.57 Å². The van der Waals surface area contributed by atoms with Crippen LogP contribution in [0.15, 0.2) is 41.6 Å². The molecule has 2 aromatic carbocycles. The first kappa shape index (κ1) is 20.5. The molecule has 148 valence electrons. The molecule has 0 spiro atoms. The van der Waals surface area contributed by atoms with Crippen molar-refractivity contribution in [3.8, 4) is 0 Å². The van der Waals surface area contributed by atoms with Crippen molar-refractivity contribution in [2.24, 2.45) is 11.1 Å². The number of oxime groups is 1. The Morgan fingerprint density at radius 3 is 2.32 bits per heavy atom. The maximum Gasteiger partial charge on any atom is 0.401 e. The molecule has 0 saturated heterocycles. The van der Waals surface area contributed by atoms with E-state index in [9.17, 15) is 18.0 Å². The number of ether oxygens (including phenoxy) is 1. The van der Waals surface area contributed by atoms with E-state index in [0.29, 0.717) is 5.56 Å². The predicted octanol–water partition coefficient (Wildman–Crippen LogP) is 5.74. The van der Waals surface area contributed by atoms with Gasteiger partial charge in [-0.15, -0.1) is 0 Å². The van der Waals surface area contributed by atoms with Crippen molar-refractivity contribution in [2.45, 2.75) is 19.2 Å². The van der Waals surface area contributed by atoms with Gasteiger partial charge in [0.25, 0.3) is 0 Å². The summed E-state index contributed by atoms with van der Waals surface area (Å²) >= 11 is 11.8. The number of hydrogen-bond donors (Lipinski definition) is 0. The molecule has 9 heteroatoms.